The molecule has 138 valence electrons. The number of benzene rings is 1. The molecule has 0 saturated carbocycles. The van der Waals surface area contributed by atoms with Crippen molar-refractivity contribution in [2.45, 2.75) is 38.1 Å². The topological polar surface area (TPSA) is 60.1 Å². The zero-order valence-corrected chi connectivity index (χ0v) is 15.6. The molecule has 2 heterocycles. The number of nitriles is 1. The molecule has 0 amide bonds. The maximum atomic E-state index is 13.1. The highest BCUT2D eigenvalue weighted by Crippen LogP contribution is 2.40. The molecule has 3 rings (SSSR count). The molecule has 0 aliphatic carbocycles. The molecule has 0 spiro atoms. The van der Waals surface area contributed by atoms with Crippen LogP contribution in [0.4, 0.5) is 13.2 Å². The normalized spacial score (nSPS) is 16.7. The fourth-order valence-electron chi connectivity index (χ4n) is 2.53. The number of nitrogens with zero attached hydrogens (tertiary/aromatic N) is 3. The van der Waals surface area contributed by atoms with Crippen LogP contribution in [0.5, 0.6) is 11.8 Å². The van der Waals surface area contributed by atoms with Gasteiger partial charge in [0.2, 0.25) is 0 Å². The van der Waals surface area contributed by atoms with Crippen LogP contribution in [0.1, 0.15) is 25.1 Å². The van der Waals surface area contributed by atoms with E-state index in [9.17, 15) is 13.2 Å². The van der Waals surface area contributed by atoms with Gasteiger partial charge in [-0.2, -0.15) is 23.4 Å². The molecular formula is C17H15BrF3N3O2. The summed E-state index contributed by atoms with van der Waals surface area (Å²) in [6, 6.07) is 8.15. The van der Waals surface area contributed by atoms with Gasteiger partial charge < -0.3 is 9.47 Å². The van der Waals surface area contributed by atoms with Crippen molar-refractivity contribution in [1.82, 2.24) is 9.55 Å². The first kappa shape index (κ1) is 18.6. The van der Waals surface area contributed by atoms with Gasteiger partial charge in [-0.1, -0.05) is 12.1 Å². The predicted octanol–water partition coefficient (Wildman–Crippen LogP) is 4.20. The van der Waals surface area contributed by atoms with Gasteiger partial charge in [0.25, 0.3) is 6.01 Å². The monoisotopic (exact) mass is 429 g/mol. The number of rotatable bonds is 4. The number of alkyl halides is 3. The molecule has 0 bridgehead atoms. The molecule has 0 saturated heterocycles. The van der Waals surface area contributed by atoms with E-state index in [4.69, 9.17) is 14.7 Å². The molecular weight excluding hydrogens is 415 g/mol. The smallest absolute Gasteiger partial charge is 0.397 e. The fraction of sp³-hybridized carbons (Fsp3) is 0.412. The van der Waals surface area contributed by atoms with Gasteiger partial charge in [0.1, 0.15) is 23.0 Å². The molecule has 0 radical (unpaired) electrons. The molecule has 1 aliphatic heterocycles. The van der Waals surface area contributed by atoms with Gasteiger partial charge in [0.15, 0.2) is 11.8 Å². The number of aromatic nitrogens is 2. The first-order valence-corrected chi connectivity index (χ1v) is 8.55. The van der Waals surface area contributed by atoms with E-state index in [1.54, 1.807) is 4.57 Å². The average Bonchev–Trinajstić information content (AvgIpc) is 3.11. The SMILES string of the molecule is CC(C)(c1ccc(OC[C@@H]2Cn3c(nc(C#N)c3Br)O2)cc1)C(F)(F)F. The second-order valence-corrected chi connectivity index (χ2v) is 7.21. The van der Waals surface area contributed by atoms with Gasteiger partial charge in [-0.3, -0.25) is 4.57 Å². The minimum absolute atomic E-state index is 0.169. The Hall–Kier alpha value is -2.21. The fourth-order valence-corrected chi connectivity index (χ4v) is 3.00. The predicted molar refractivity (Wildman–Crippen MR) is 90.1 cm³/mol. The van der Waals surface area contributed by atoms with Crippen molar-refractivity contribution in [2.24, 2.45) is 0 Å². The molecule has 9 heteroatoms. The van der Waals surface area contributed by atoms with E-state index in [0.717, 1.165) is 13.8 Å². The number of halogens is 4. The molecule has 1 aromatic carbocycles. The van der Waals surface area contributed by atoms with Crippen molar-refractivity contribution < 1.29 is 22.6 Å². The van der Waals surface area contributed by atoms with Crippen LogP contribution in [0.25, 0.3) is 0 Å². The summed E-state index contributed by atoms with van der Waals surface area (Å²) in [6.45, 7) is 2.96. The van der Waals surface area contributed by atoms with Crippen LogP contribution in [0, 0.1) is 11.3 Å². The van der Waals surface area contributed by atoms with Crippen molar-refractivity contribution >= 4 is 15.9 Å². The van der Waals surface area contributed by atoms with E-state index in [0.29, 0.717) is 22.9 Å². The summed E-state index contributed by atoms with van der Waals surface area (Å²) in [5.41, 5.74) is -1.51. The van der Waals surface area contributed by atoms with E-state index < -0.39 is 11.6 Å². The largest absolute Gasteiger partial charge is 0.490 e. The van der Waals surface area contributed by atoms with E-state index in [2.05, 4.69) is 20.9 Å². The lowest BCUT2D eigenvalue weighted by Crippen LogP contribution is -2.36. The van der Waals surface area contributed by atoms with Crippen molar-refractivity contribution in [3.63, 3.8) is 0 Å². The second-order valence-electron chi connectivity index (χ2n) is 6.45. The van der Waals surface area contributed by atoms with Crippen LogP contribution in [-0.4, -0.2) is 28.4 Å². The summed E-state index contributed by atoms with van der Waals surface area (Å²) in [6.07, 6.45) is -4.63. The molecule has 0 N–H and O–H groups in total. The third-order valence-corrected chi connectivity index (χ3v) is 5.16. The minimum atomic E-state index is -4.33. The lowest BCUT2D eigenvalue weighted by Gasteiger charge is -2.28. The Morgan fingerprint density at radius 2 is 2.00 bits per heavy atom. The maximum Gasteiger partial charge on any atom is 0.397 e. The summed E-state index contributed by atoms with van der Waals surface area (Å²) < 4.78 is 52.7. The highest BCUT2D eigenvalue weighted by molar-refractivity contribution is 9.10. The van der Waals surface area contributed by atoms with Crippen LogP contribution < -0.4 is 9.47 Å². The average molecular weight is 430 g/mol. The minimum Gasteiger partial charge on any atom is -0.490 e. The quantitative estimate of drug-likeness (QED) is 0.730. The van der Waals surface area contributed by atoms with Gasteiger partial charge in [0, 0.05) is 0 Å². The first-order chi connectivity index (χ1) is 12.1. The number of hydrogen-bond acceptors (Lipinski definition) is 4. The van der Waals surface area contributed by atoms with Gasteiger partial charge in [0.05, 0.1) is 12.0 Å². The van der Waals surface area contributed by atoms with Crippen LogP contribution in [-0.2, 0) is 12.0 Å². The molecule has 1 aliphatic rings. The Balaban J connectivity index is 1.61. The highest BCUT2D eigenvalue weighted by Gasteiger charge is 2.48. The summed E-state index contributed by atoms with van der Waals surface area (Å²) in [7, 11) is 0. The Morgan fingerprint density at radius 3 is 2.54 bits per heavy atom. The Bertz CT molecular complexity index is 854. The molecule has 2 aromatic rings. The second kappa shape index (κ2) is 6.50. The zero-order valence-electron chi connectivity index (χ0n) is 14.0. The Kier molecular flexibility index (Phi) is 4.65. The van der Waals surface area contributed by atoms with E-state index in [1.165, 1.54) is 24.3 Å². The van der Waals surface area contributed by atoms with Crippen LogP contribution >= 0.6 is 15.9 Å². The lowest BCUT2D eigenvalue weighted by atomic mass is 9.84. The molecule has 26 heavy (non-hydrogen) atoms. The number of hydrogen-bond donors (Lipinski definition) is 0. The third kappa shape index (κ3) is 3.26. The maximum absolute atomic E-state index is 13.1. The standard InChI is InChI=1S/C17H15BrF3N3O2/c1-16(2,17(19,20)21)10-3-5-11(6-4-10)25-9-12-8-24-14(18)13(7-22)23-15(24)26-12/h3-6,12H,8-9H2,1-2H3/t12-/m0/s1. The summed E-state index contributed by atoms with van der Waals surface area (Å²) in [5.74, 6) is 0.455. The molecule has 5 nitrogen and oxygen atoms in total. The van der Waals surface area contributed by atoms with Gasteiger partial charge in [-0.05, 0) is 47.5 Å². The van der Waals surface area contributed by atoms with Crippen molar-refractivity contribution in [2.75, 3.05) is 6.61 Å². The summed E-state index contributed by atoms with van der Waals surface area (Å²) in [5, 5.41) is 8.92. The number of imidazole rings is 1. The Labute approximate surface area is 156 Å². The van der Waals surface area contributed by atoms with Gasteiger partial charge in [-0.15, -0.1) is 0 Å². The summed E-state index contributed by atoms with van der Waals surface area (Å²) in [4.78, 5) is 4.05. The summed E-state index contributed by atoms with van der Waals surface area (Å²) >= 11 is 3.29. The molecule has 1 atom stereocenters. The van der Waals surface area contributed by atoms with Gasteiger partial charge in [-0.25, -0.2) is 0 Å². The van der Waals surface area contributed by atoms with Crippen molar-refractivity contribution in [3.05, 3.63) is 40.1 Å². The highest BCUT2D eigenvalue weighted by atomic mass is 79.9. The van der Waals surface area contributed by atoms with Gasteiger partial charge >= 0.3 is 6.18 Å². The lowest BCUT2D eigenvalue weighted by molar-refractivity contribution is -0.180. The van der Waals surface area contributed by atoms with Crippen molar-refractivity contribution in [3.8, 4) is 17.8 Å². The van der Waals surface area contributed by atoms with Crippen LogP contribution in [0.15, 0.2) is 28.9 Å². The van der Waals surface area contributed by atoms with Crippen molar-refractivity contribution in [1.29, 1.82) is 5.26 Å². The molecule has 1 aromatic heterocycles. The molecule has 0 fully saturated rings. The zero-order chi connectivity index (χ0) is 19.1. The van der Waals surface area contributed by atoms with Crippen LogP contribution in [0.2, 0.25) is 0 Å². The molecule has 0 unspecified atom stereocenters. The van der Waals surface area contributed by atoms with E-state index in [-0.39, 0.29) is 24.0 Å². The van der Waals surface area contributed by atoms with Crippen LogP contribution in [0.3, 0.4) is 0 Å². The first-order valence-electron chi connectivity index (χ1n) is 7.76. The number of ether oxygens (including phenoxy) is 2. The third-order valence-electron chi connectivity index (χ3n) is 4.36. The Morgan fingerprint density at radius 1 is 1.35 bits per heavy atom. The van der Waals surface area contributed by atoms with E-state index >= 15 is 0 Å². The number of fused-ring (bicyclic) bond motifs is 1. The van der Waals surface area contributed by atoms with E-state index in [1.807, 2.05) is 6.07 Å².